The molecular formula is C25H40N4O2. The van der Waals surface area contributed by atoms with Gasteiger partial charge >= 0.3 is 6.09 Å². The minimum Gasteiger partial charge on any atom is -0.444 e. The Morgan fingerprint density at radius 1 is 1.19 bits per heavy atom. The first kappa shape index (κ1) is 24.9. The van der Waals surface area contributed by atoms with Gasteiger partial charge in [0.2, 0.25) is 0 Å². The van der Waals surface area contributed by atoms with E-state index in [0.717, 1.165) is 35.6 Å². The van der Waals surface area contributed by atoms with Crippen molar-refractivity contribution < 1.29 is 9.53 Å². The van der Waals surface area contributed by atoms with Crippen LogP contribution < -0.4 is 11.1 Å². The molecule has 31 heavy (non-hydrogen) atoms. The lowest BCUT2D eigenvalue weighted by atomic mass is 9.91. The van der Waals surface area contributed by atoms with Gasteiger partial charge in [0.1, 0.15) is 5.60 Å². The molecule has 0 aromatic heterocycles. The highest BCUT2D eigenvalue weighted by Crippen LogP contribution is 2.29. The number of carbonyl (C=O) groups excluding carboxylic acids is 1. The first-order valence-corrected chi connectivity index (χ1v) is 11.5. The molecule has 1 atom stereocenters. The molecule has 0 saturated carbocycles. The molecule has 1 aromatic rings. The number of likely N-dealkylation sites (tertiary alicyclic amines) is 1. The highest BCUT2D eigenvalue weighted by molar-refractivity contribution is 6.05. The van der Waals surface area contributed by atoms with Gasteiger partial charge in [-0.1, -0.05) is 39.8 Å². The maximum absolute atomic E-state index is 12.8. The van der Waals surface area contributed by atoms with Crippen LogP contribution in [0.3, 0.4) is 0 Å². The second-order valence-electron chi connectivity index (χ2n) is 9.14. The number of fused-ring (bicyclic) bond motifs is 1. The van der Waals surface area contributed by atoms with Gasteiger partial charge in [-0.15, -0.1) is 0 Å². The molecule has 3 rings (SSSR count). The number of amides is 1. The van der Waals surface area contributed by atoms with Crippen molar-refractivity contribution in [1.82, 2.24) is 10.2 Å². The average Bonchev–Trinajstić information content (AvgIpc) is 2.91. The van der Waals surface area contributed by atoms with Crippen LogP contribution in [0.4, 0.5) is 10.5 Å². The lowest BCUT2D eigenvalue weighted by Crippen LogP contribution is -2.53. The standard InChI is InChI=1S/C23H34N4O2.C2H6/c1-15(2)16-6-8-17(9-7-16)26-19-11-13-27(22(28)29-23(3,4)5)20-14-25-12-10-18(24)21(19)20;1-2/h6-9,15,20,25H,10-14,24H2,1-5H3;1-2H3. The Hall–Kier alpha value is -2.34. The Labute approximate surface area is 187 Å². The van der Waals surface area contributed by atoms with Gasteiger partial charge < -0.3 is 15.8 Å². The van der Waals surface area contributed by atoms with Gasteiger partial charge in [0.05, 0.1) is 11.7 Å². The van der Waals surface area contributed by atoms with Crippen LogP contribution in [0.1, 0.15) is 72.8 Å². The third-order valence-electron chi connectivity index (χ3n) is 5.32. The smallest absolute Gasteiger partial charge is 0.410 e. The van der Waals surface area contributed by atoms with Gasteiger partial charge in [0.25, 0.3) is 0 Å². The molecule has 3 N–H and O–H groups in total. The molecular weight excluding hydrogens is 388 g/mol. The van der Waals surface area contributed by atoms with Crippen molar-refractivity contribution in [2.24, 2.45) is 10.7 Å². The Balaban J connectivity index is 0.00000166. The van der Waals surface area contributed by atoms with E-state index in [-0.39, 0.29) is 12.1 Å². The molecule has 172 valence electrons. The monoisotopic (exact) mass is 428 g/mol. The zero-order chi connectivity index (χ0) is 23.2. The van der Waals surface area contributed by atoms with Crippen molar-refractivity contribution in [3.05, 3.63) is 41.1 Å². The van der Waals surface area contributed by atoms with E-state index in [0.29, 0.717) is 25.4 Å². The molecule has 2 aliphatic heterocycles. The van der Waals surface area contributed by atoms with Crippen LogP contribution in [-0.2, 0) is 4.74 Å². The second-order valence-corrected chi connectivity index (χ2v) is 9.14. The van der Waals surface area contributed by atoms with Crippen LogP contribution in [0.15, 0.2) is 40.5 Å². The number of carbonyl (C=O) groups is 1. The van der Waals surface area contributed by atoms with Crippen molar-refractivity contribution in [3.8, 4) is 0 Å². The molecule has 1 saturated heterocycles. The quantitative estimate of drug-likeness (QED) is 0.685. The summed E-state index contributed by atoms with van der Waals surface area (Å²) in [5.41, 5.74) is 10.9. The first-order chi connectivity index (χ1) is 14.7. The number of ether oxygens (including phenoxy) is 1. The van der Waals surface area contributed by atoms with E-state index in [1.54, 1.807) is 4.90 Å². The van der Waals surface area contributed by atoms with E-state index >= 15 is 0 Å². The Bertz CT molecular complexity index is 804. The van der Waals surface area contributed by atoms with Crippen molar-refractivity contribution >= 4 is 17.5 Å². The van der Waals surface area contributed by atoms with Gasteiger partial charge in [-0.05, 0) is 50.8 Å². The van der Waals surface area contributed by atoms with E-state index in [4.69, 9.17) is 15.5 Å². The number of nitrogens with zero attached hydrogens (tertiary/aromatic N) is 2. The predicted octanol–water partition coefficient (Wildman–Crippen LogP) is 5.12. The Kier molecular flexibility index (Phi) is 8.69. The molecule has 1 aromatic carbocycles. The summed E-state index contributed by atoms with van der Waals surface area (Å²) in [5.74, 6) is 0.490. The van der Waals surface area contributed by atoms with Crippen molar-refractivity contribution in [3.63, 3.8) is 0 Å². The number of aliphatic imine (C=N–C) groups is 1. The molecule has 1 unspecified atom stereocenters. The summed E-state index contributed by atoms with van der Waals surface area (Å²) >= 11 is 0. The predicted molar refractivity (Wildman–Crippen MR) is 129 cm³/mol. The number of nitrogens with two attached hydrogens (primary N) is 1. The number of nitrogens with one attached hydrogen (secondary N) is 1. The van der Waals surface area contributed by atoms with Gasteiger partial charge in [0, 0.05) is 43.0 Å². The number of rotatable bonds is 2. The fraction of sp³-hybridized carbons (Fsp3) is 0.600. The van der Waals surface area contributed by atoms with Crippen LogP contribution in [0.5, 0.6) is 0 Å². The summed E-state index contributed by atoms with van der Waals surface area (Å²) < 4.78 is 5.65. The summed E-state index contributed by atoms with van der Waals surface area (Å²) in [6.07, 6.45) is 1.12. The molecule has 1 fully saturated rings. The summed E-state index contributed by atoms with van der Waals surface area (Å²) in [7, 11) is 0. The van der Waals surface area contributed by atoms with Gasteiger partial charge in [-0.25, -0.2) is 4.79 Å². The third-order valence-corrected chi connectivity index (χ3v) is 5.32. The normalized spacial score (nSPS) is 20.7. The number of benzene rings is 1. The average molecular weight is 429 g/mol. The fourth-order valence-electron chi connectivity index (χ4n) is 3.82. The van der Waals surface area contributed by atoms with Crippen LogP contribution in [-0.4, -0.2) is 48.0 Å². The molecule has 6 heteroatoms. The zero-order valence-electron chi connectivity index (χ0n) is 20.3. The summed E-state index contributed by atoms with van der Waals surface area (Å²) in [6.45, 7) is 16.0. The molecule has 0 radical (unpaired) electrons. The fourth-order valence-corrected chi connectivity index (χ4v) is 3.82. The van der Waals surface area contributed by atoms with Gasteiger partial charge in [-0.2, -0.15) is 0 Å². The SMILES string of the molecule is CC.CC(C)c1ccc(N=C2CCN(C(=O)OC(C)(C)C)C3CNCCC(N)=C23)cc1. The summed E-state index contributed by atoms with van der Waals surface area (Å²) in [5, 5.41) is 3.40. The van der Waals surface area contributed by atoms with Crippen molar-refractivity contribution in [1.29, 1.82) is 0 Å². The maximum atomic E-state index is 12.8. The molecule has 1 amide bonds. The minimum atomic E-state index is -0.531. The van der Waals surface area contributed by atoms with E-state index < -0.39 is 5.60 Å². The van der Waals surface area contributed by atoms with Crippen molar-refractivity contribution in [2.45, 2.75) is 78.9 Å². The van der Waals surface area contributed by atoms with Gasteiger partial charge in [-0.3, -0.25) is 9.89 Å². The van der Waals surface area contributed by atoms with E-state index in [1.807, 2.05) is 34.6 Å². The second kappa shape index (κ2) is 10.8. The lowest BCUT2D eigenvalue weighted by Gasteiger charge is -2.39. The molecule has 0 spiro atoms. The number of hydrogen-bond donors (Lipinski definition) is 2. The highest BCUT2D eigenvalue weighted by atomic mass is 16.6. The minimum absolute atomic E-state index is 0.158. The maximum Gasteiger partial charge on any atom is 0.410 e. The van der Waals surface area contributed by atoms with Crippen LogP contribution in [0.2, 0.25) is 0 Å². The molecule has 6 nitrogen and oxygen atoms in total. The van der Waals surface area contributed by atoms with Crippen LogP contribution in [0.25, 0.3) is 0 Å². The van der Waals surface area contributed by atoms with E-state index in [9.17, 15) is 4.79 Å². The van der Waals surface area contributed by atoms with Crippen LogP contribution in [0, 0.1) is 0 Å². The molecule has 0 bridgehead atoms. The number of hydrogen-bond acceptors (Lipinski definition) is 5. The summed E-state index contributed by atoms with van der Waals surface area (Å²) in [4.78, 5) is 19.6. The van der Waals surface area contributed by atoms with Crippen LogP contribution >= 0.6 is 0 Å². The largest absolute Gasteiger partial charge is 0.444 e. The molecule has 0 aliphatic carbocycles. The topological polar surface area (TPSA) is 80.0 Å². The molecule has 2 aliphatic rings. The Morgan fingerprint density at radius 2 is 1.84 bits per heavy atom. The third kappa shape index (κ3) is 6.57. The highest BCUT2D eigenvalue weighted by Gasteiger charge is 2.38. The zero-order valence-corrected chi connectivity index (χ0v) is 20.3. The van der Waals surface area contributed by atoms with E-state index in [2.05, 4.69) is 43.4 Å². The Morgan fingerprint density at radius 3 is 2.42 bits per heavy atom. The molecule has 2 heterocycles. The summed E-state index contributed by atoms with van der Waals surface area (Å²) in [6, 6.07) is 8.22. The first-order valence-electron chi connectivity index (χ1n) is 11.5. The number of piperidine rings is 1. The van der Waals surface area contributed by atoms with E-state index in [1.165, 1.54) is 5.56 Å². The van der Waals surface area contributed by atoms with Crippen molar-refractivity contribution in [2.75, 3.05) is 19.6 Å². The lowest BCUT2D eigenvalue weighted by molar-refractivity contribution is 0.0191. The van der Waals surface area contributed by atoms with Gasteiger partial charge in [0.15, 0.2) is 0 Å².